The first-order chi connectivity index (χ1) is 9.20. The molecule has 20 heavy (non-hydrogen) atoms. The summed E-state index contributed by atoms with van der Waals surface area (Å²) in [5.74, 6) is 5.27. The second-order valence-electron chi connectivity index (χ2n) is 4.00. The van der Waals surface area contributed by atoms with Crippen molar-refractivity contribution in [3.8, 4) is 11.8 Å². The minimum Gasteiger partial charge on any atom is -0.210 e. The number of alkyl halides is 3. The molecule has 0 aliphatic rings. The van der Waals surface area contributed by atoms with Crippen LogP contribution in [0, 0.1) is 18.8 Å². The molecular formula is C13H14F3NO2S. The summed E-state index contributed by atoms with van der Waals surface area (Å²) in [5, 5.41) is 0. The topological polar surface area (TPSA) is 46.2 Å². The lowest BCUT2D eigenvalue weighted by atomic mass is 10.1. The van der Waals surface area contributed by atoms with E-state index in [1.54, 1.807) is 6.92 Å². The fourth-order valence-corrected chi connectivity index (χ4v) is 2.96. The fraction of sp³-hybridized carbons (Fsp3) is 0.385. The molecule has 0 amide bonds. The van der Waals surface area contributed by atoms with Gasteiger partial charge in [-0.25, -0.2) is 13.1 Å². The van der Waals surface area contributed by atoms with Crippen molar-refractivity contribution in [3.05, 3.63) is 29.3 Å². The maximum atomic E-state index is 12.7. The molecule has 0 saturated carbocycles. The van der Waals surface area contributed by atoms with Crippen molar-refractivity contribution in [2.75, 3.05) is 6.54 Å². The Kier molecular flexibility index (Phi) is 5.20. The summed E-state index contributed by atoms with van der Waals surface area (Å²) in [6, 6.07) is 3.09. The largest absolute Gasteiger partial charge is 0.416 e. The van der Waals surface area contributed by atoms with Crippen molar-refractivity contribution in [1.82, 2.24) is 4.72 Å². The van der Waals surface area contributed by atoms with E-state index < -0.39 is 21.8 Å². The second kappa shape index (κ2) is 6.29. The van der Waals surface area contributed by atoms with E-state index in [-0.39, 0.29) is 17.0 Å². The van der Waals surface area contributed by atoms with Crippen LogP contribution in [0.1, 0.15) is 24.5 Å². The lowest BCUT2D eigenvalue weighted by Crippen LogP contribution is -2.26. The van der Waals surface area contributed by atoms with E-state index in [0.29, 0.717) is 6.42 Å². The van der Waals surface area contributed by atoms with E-state index in [1.165, 1.54) is 0 Å². The minimum atomic E-state index is -4.58. The third kappa shape index (κ3) is 3.99. The predicted molar refractivity (Wildman–Crippen MR) is 69.4 cm³/mol. The van der Waals surface area contributed by atoms with Gasteiger partial charge >= 0.3 is 6.18 Å². The van der Waals surface area contributed by atoms with Gasteiger partial charge in [-0.1, -0.05) is 6.07 Å². The molecule has 0 fully saturated rings. The summed E-state index contributed by atoms with van der Waals surface area (Å²) in [5.41, 5.74) is -1.26. The Labute approximate surface area is 116 Å². The SMILES string of the molecule is CC#CCCNS(=O)(=O)c1cccc(C(F)(F)F)c1C. The molecule has 0 atom stereocenters. The Morgan fingerprint density at radius 3 is 2.50 bits per heavy atom. The molecule has 0 aliphatic heterocycles. The maximum absolute atomic E-state index is 12.7. The Hall–Kier alpha value is -1.52. The second-order valence-corrected chi connectivity index (χ2v) is 5.74. The molecule has 0 heterocycles. The molecule has 1 rings (SSSR count). The number of halogens is 3. The quantitative estimate of drug-likeness (QED) is 0.687. The highest BCUT2D eigenvalue weighted by molar-refractivity contribution is 7.89. The summed E-state index contributed by atoms with van der Waals surface area (Å²) in [4.78, 5) is -0.364. The number of rotatable bonds is 4. The molecule has 0 aromatic heterocycles. The highest BCUT2D eigenvalue weighted by Crippen LogP contribution is 2.33. The molecule has 1 aromatic rings. The Morgan fingerprint density at radius 1 is 1.30 bits per heavy atom. The van der Waals surface area contributed by atoms with E-state index >= 15 is 0 Å². The number of hydrogen-bond donors (Lipinski definition) is 1. The minimum absolute atomic E-state index is 0.0544. The summed E-state index contributed by atoms with van der Waals surface area (Å²) < 4.78 is 64.4. The lowest BCUT2D eigenvalue weighted by molar-refractivity contribution is -0.138. The Bertz CT molecular complexity index is 640. The van der Waals surface area contributed by atoms with Crippen LogP contribution in [0.3, 0.4) is 0 Å². The first kappa shape index (κ1) is 16.5. The van der Waals surface area contributed by atoms with Crippen LogP contribution in [0.4, 0.5) is 13.2 Å². The zero-order chi connectivity index (χ0) is 15.4. The van der Waals surface area contributed by atoms with Gasteiger partial charge in [0.15, 0.2) is 0 Å². The smallest absolute Gasteiger partial charge is 0.210 e. The van der Waals surface area contributed by atoms with E-state index in [4.69, 9.17) is 0 Å². The van der Waals surface area contributed by atoms with Crippen molar-refractivity contribution < 1.29 is 21.6 Å². The average molecular weight is 305 g/mol. The third-order valence-electron chi connectivity index (χ3n) is 2.60. The van der Waals surface area contributed by atoms with Crippen molar-refractivity contribution in [2.24, 2.45) is 0 Å². The molecule has 0 unspecified atom stereocenters. The first-order valence-electron chi connectivity index (χ1n) is 5.76. The van der Waals surface area contributed by atoms with Crippen LogP contribution in [0.5, 0.6) is 0 Å². The van der Waals surface area contributed by atoms with Gasteiger partial charge in [-0.3, -0.25) is 0 Å². The van der Waals surface area contributed by atoms with Gasteiger partial charge in [-0.15, -0.1) is 11.8 Å². The van der Waals surface area contributed by atoms with E-state index in [2.05, 4.69) is 16.6 Å². The van der Waals surface area contributed by atoms with Gasteiger partial charge in [0.2, 0.25) is 10.0 Å². The monoisotopic (exact) mass is 305 g/mol. The molecule has 1 N–H and O–H groups in total. The van der Waals surface area contributed by atoms with Gasteiger partial charge in [-0.05, 0) is 31.5 Å². The van der Waals surface area contributed by atoms with E-state index in [9.17, 15) is 21.6 Å². The van der Waals surface area contributed by atoms with Crippen molar-refractivity contribution >= 4 is 10.0 Å². The molecular weight excluding hydrogens is 291 g/mol. The van der Waals surface area contributed by atoms with Gasteiger partial charge in [0, 0.05) is 13.0 Å². The summed E-state index contributed by atoms with van der Waals surface area (Å²) in [6.07, 6.45) is -4.28. The zero-order valence-electron chi connectivity index (χ0n) is 11.0. The predicted octanol–water partition coefficient (Wildman–Crippen LogP) is 2.71. The first-order valence-corrected chi connectivity index (χ1v) is 7.24. The van der Waals surface area contributed by atoms with Gasteiger partial charge in [0.1, 0.15) is 0 Å². The fourth-order valence-electron chi connectivity index (χ4n) is 1.66. The van der Waals surface area contributed by atoms with Crippen molar-refractivity contribution in [3.63, 3.8) is 0 Å². The summed E-state index contributed by atoms with van der Waals surface area (Å²) in [7, 11) is -3.97. The van der Waals surface area contributed by atoms with Crippen LogP contribution in [0.25, 0.3) is 0 Å². The Balaban J connectivity index is 3.09. The number of sulfonamides is 1. The Morgan fingerprint density at radius 2 is 1.95 bits per heavy atom. The lowest BCUT2D eigenvalue weighted by Gasteiger charge is -2.14. The molecule has 7 heteroatoms. The third-order valence-corrected chi connectivity index (χ3v) is 4.20. The van der Waals surface area contributed by atoms with Crippen molar-refractivity contribution in [1.29, 1.82) is 0 Å². The molecule has 110 valence electrons. The van der Waals surface area contributed by atoms with Crippen LogP contribution >= 0.6 is 0 Å². The van der Waals surface area contributed by atoms with Crippen LogP contribution in [-0.2, 0) is 16.2 Å². The molecule has 0 spiro atoms. The zero-order valence-corrected chi connectivity index (χ0v) is 11.8. The van der Waals surface area contributed by atoms with Gasteiger partial charge < -0.3 is 0 Å². The van der Waals surface area contributed by atoms with Crippen LogP contribution in [0.15, 0.2) is 23.1 Å². The standard InChI is InChI=1S/C13H14F3NO2S/c1-3-4-5-9-17-20(18,19)12-8-6-7-11(10(12)2)13(14,15)16/h6-8,17H,5,9H2,1-2H3. The number of hydrogen-bond acceptors (Lipinski definition) is 2. The molecule has 1 aromatic carbocycles. The van der Waals surface area contributed by atoms with Crippen LogP contribution in [-0.4, -0.2) is 15.0 Å². The molecule has 0 radical (unpaired) electrons. The van der Waals surface area contributed by atoms with Crippen molar-refractivity contribution in [2.45, 2.75) is 31.3 Å². The molecule has 0 saturated heterocycles. The normalized spacial score (nSPS) is 11.8. The molecule has 0 bridgehead atoms. The average Bonchev–Trinajstić information content (AvgIpc) is 2.33. The highest BCUT2D eigenvalue weighted by atomic mass is 32.2. The maximum Gasteiger partial charge on any atom is 0.416 e. The van der Waals surface area contributed by atoms with E-state index in [0.717, 1.165) is 25.1 Å². The van der Waals surface area contributed by atoms with Gasteiger partial charge in [0.05, 0.1) is 10.5 Å². The van der Waals surface area contributed by atoms with Gasteiger partial charge in [-0.2, -0.15) is 13.2 Å². The summed E-state index contributed by atoms with van der Waals surface area (Å²) in [6.45, 7) is 2.81. The van der Waals surface area contributed by atoms with Crippen LogP contribution < -0.4 is 4.72 Å². The highest BCUT2D eigenvalue weighted by Gasteiger charge is 2.34. The van der Waals surface area contributed by atoms with Crippen LogP contribution in [0.2, 0.25) is 0 Å². The number of nitrogens with one attached hydrogen (secondary N) is 1. The number of benzene rings is 1. The van der Waals surface area contributed by atoms with E-state index in [1.807, 2.05) is 0 Å². The summed E-state index contributed by atoms with van der Waals surface area (Å²) >= 11 is 0. The molecule has 3 nitrogen and oxygen atoms in total. The molecule has 0 aliphatic carbocycles. The van der Waals surface area contributed by atoms with Gasteiger partial charge in [0.25, 0.3) is 0 Å².